The van der Waals surface area contributed by atoms with Crippen LogP contribution in [-0.2, 0) is 6.54 Å². The Morgan fingerprint density at radius 3 is 2.69 bits per heavy atom. The van der Waals surface area contributed by atoms with Crippen molar-refractivity contribution in [2.75, 3.05) is 26.2 Å². The zero-order valence-corrected chi connectivity index (χ0v) is 15.5. The Morgan fingerprint density at radius 1 is 1.15 bits per heavy atom. The molecule has 0 atom stereocenters. The van der Waals surface area contributed by atoms with Crippen LogP contribution in [0.25, 0.3) is 11.5 Å². The van der Waals surface area contributed by atoms with Crippen LogP contribution in [0.3, 0.4) is 0 Å². The van der Waals surface area contributed by atoms with Gasteiger partial charge in [0.05, 0.1) is 22.0 Å². The first-order valence-corrected chi connectivity index (χ1v) is 9.59. The van der Waals surface area contributed by atoms with Crippen molar-refractivity contribution in [1.29, 1.82) is 0 Å². The number of halogens is 1. The molecule has 2 aromatic heterocycles. The van der Waals surface area contributed by atoms with Gasteiger partial charge in [0.1, 0.15) is 0 Å². The molecule has 0 spiro atoms. The molecule has 1 aromatic carbocycles. The summed E-state index contributed by atoms with van der Waals surface area (Å²) in [4.78, 5) is 21.7. The maximum Gasteiger partial charge on any atom is 0.264 e. The monoisotopic (exact) mass is 388 g/mol. The second-order valence-corrected chi connectivity index (χ2v) is 7.40. The van der Waals surface area contributed by atoms with E-state index in [-0.39, 0.29) is 5.91 Å². The number of rotatable bonds is 4. The highest BCUT2D eigenvalue weighted by Crippen LogP contribution is 2.26. The van der Waals surface area contributed by atoms with Crippen molar-refractivity contribution < 1.29 is 9.32 Å². The van der Waals surface area contributed by atoms with E-state index in [1.165, 1.54) is 11.3 Å². The summed E-state index contributed by atoms with van der Waals surface area (Å²) >= 11 is 7.65. The third kappa shape index (κ3) is 3.65. The summed E-state index contributed by atoms with van der Waals surface area (Å²) in [6.45, 7) is 3.56. The first-order valence-electron chi connectivity index (χ1n) is 8.33. The van der Waals surface area contributed by atoms with Crippen molar-refractivity contribution in [3.63, 3.8) is 0 Å². The second kappa shape index (κ2) is 7.57. The molecule has 0 unspecified atom stereocenters. The minimum absolute atomic E-state index is 0.111. The average molecular weight is 389 g/mol. The van der Waals surface area contributed by atoms with Crippen molar-refractivity contribution in [3.8, 4) is 11.5 Å². The van der Waals surface area contributed by atoms with Crippen molar-refractivity contribution in [1.82, 2.24) is 19.9 Å². The molecule has 26 heavy (non-hydrogen) atoms. The van der Waals surface area contributed by atoms with Crippen LogP contribution in [0.5, 0.6) is 0 Å². The van der Waals surface area contributed by atoms with Crippen LogP contribution in [0.4, 0.5) is 0 Å². The highest BCUT2D eigenvalue weighted by atomic mass is 35.5. The van der Waals surface area contributed by atoms with E-state index < -0.39 is 0 Å². The summed E-state index contributed by atoms with van der Waals surface area (Å²) in [5.41, 5.74) is 0.735. The van der Waals surface area contributed by atoms with Gasteiger partial charge in [-0.2, -0.15) is 4.98 Å². The van der Waals surface area contributed by atoms with Gasteiger partial charge in [-0.3, -0.25) is 9.69 Å². The summed E-state index contributed by atoms with van der Waals surface area (Å²) in [5, 5.41) is 6.57. The quantitative estimate of drug-likeness (QED) is 0.685. The Balaban J connectivity index is 1.35. The van der Waals surface area contributed by atoms with Crippen LogP contribution in [0.1, 0.15) is 15.5 Å². The van der Waals surface area contributed by atoms with Gasteiger partial charge in [-0.25, -0.2) is 0 Å². The number of amides is 1. The fourth-order valence-corrected chi connectivity index (χ4v) is 3.83. The number of carbonyl (C=O) groups excluding carboxylic acids is 1. The van der Waals surface area contributed by atoms with Crippen LogP contribution < -0.4 is 0 Å². The lowest BCUT2D eigenvalue weighted by atomic mass is 10.2. The van der Waals surface area contributed by atoms with E-state index in [1.54, 1.807) is 6.07 Å². The Morgan fingerprint density at radius 2 is 1.96 bits per heavy atom. The van der Waals surface area contributed by atoms with Crippen molar-refractivity contribution >= 4 is 28.8 Å². The fraction of sp³-hybridized carbons (Fsp3) is 0.278. The number of hydrogen-bond acceptors (Lipinski definition) is 6. The highest BCUT2D eigenvalue weighted by Gasteiger charge is 2.24. The second-order valence-electron chi connectivity index (χ2n) is 6.04. The minimum Gasteiger partial charge on any atom is -0.335 e. The molecule has 8 heteroatoms. The summed E-state index contributed by atoms with van der Waals surface area (Å²) in [5.74, 6) is 1.16. The SMILES string of the molecule is O=C(c1cccs1)N1CCN(Cc2noc(-c3ccccc3Cl)n2)CC1. The largest absolute Gasteiger partial charge is 0.335 e. The molecular formula is C18H17ClN4O2S. The minimum atomic E-state index is 0.111. The van der Waals surface area contributed by atoms with Gasteiger partial charge in [0, 0.05) is 26.2 Å². The molecule has 4 rings (SSSR count). The number of carbonyl (C=O) groups is 1. The van der Waals surface area contributed by atoms with Crippen LogP contribution in [-0.4, -0.2) is 52.0 Å². The zero-order valence-electron chi connectivity index (χ0n) is 14.0. The number of hydrogen-bond donors (Lipinski definition) is 0. The first kappa shape index (κ1) is 17.2. The van der Waals surface area contributed by atoms with Gasteiger partial charge in [0.2, 0.25) is 0 Å². The molecule has 1 aliphatic heterocycles. The molecule has 0 N–H and O–H groups in total. The molecule has 1 amide bonds. The van der Waals surface area contributed by atoms with Gasteiger partial charge in [0.15, 0.2) is 5.82 Å². The molecule has 3 aromatic rings. The van der Waals surface area contributed by atoms with E-state index in [0.29, 0.717) is 36.4 Å². The van der Waals surface area contributed by atoms with Crippen LogP contribution in [0.2, 0.25) is 5.02 Å². The van der Waals surface area contributed by atoms with Crippen molar-refractivity contribution in [2.24, 2.45) is 0 Å². The molecule has 0 aliphatic carbocycles. The number of aromatic nitrogens is 2. The maximum absolute atomic E-state index is 12.4. The Hall–Kier alpha value is -2.22. The van der Waals surface area contributed by atoms with E-state index in [2.05, 4.69) is 15.0 Å². The lowest BCUT2D eigenvalue weighted by Gasteiger charge is -2.33. The zero-order chi connectivity index (χ0) is 17.9. The summed E-state index contributed by atoms with van der Waals surface area (Å²) in [7, 11) is 0. The Labute approximate surface area is 160 Å². The summed E-state index contributed by atoms with van der Waals surface area (Å²) in [6, 6.07) is 11.2. The smallest absolute Gasteiger partial charge is 0.264 e. The molecule has 6 nitrogen and oxygen atoms in total. The maximum atomic E-state index is 12.4. The van der Waals surface area contributed by atoms with Gasteiger partial charge in [-0.1, -0.05) is 35.0 Å². The lowest BCUT2D eigenvalue weighted by Crippen LogP contribution is -2.48. The molecule has 0 saturated carbocycles. The van der Waals surface area contributed by atoms with E-state index in [4.69, 9.17) is 16.1 Å². The van der Waals surface area contributed by atoms with Crippen LogP contribution in [0, 0.1) is 0 Å². The molecule has 0 bridgehead atoms. The van der Waals surface area contributed by atoms with E-state index >= 15 is 0 Å². The third-order valence-corrected chi connectivity index (χ3v) is 5.52. The van der Waals surface area contributed by atoms with Crippen LogP contribution >= 0.6 is 22.9 Å². The van der Waals surface area contributed by atoms with Gasteiger partial charge in [-0.05, 0) is 23.6 Å². The molecule has 1 fully saturated rings. The third-order valence-electron chi connectivity index (χ3n) is 4.33. The van der Waals surface area contributed by atoms with Gasteiger partial charge < -0.3 is 9.42 Å². The molecule has 134 valence electrons. The van der Waals surface area contributed by atoms with Gasteiger partial charge >= 0.3 is 0 Å². The molecule has 0 radical (unpaired) electrons. The molecule has 1 aliphatic rings. The van der Waals surface area contributed by atoms with Crippen molar-refractivity contribution in [3.05, 3.63) is 57.5 Å². The highest BCUT2D eigenvalue weighted by molar-refractivity contribution is 7.12. The Kier molecular flexibility index (Phi) is 5.01. The number of thiophene rings is 1. The predicted octanol–water partition coefficient (Wildman–Crippen LogP) is 3.41. The standard InChI is InChI=1S/C18H17ClN4O2S/c19-14-5-2-1-4-13(14)17-20-16(21-25-17)12-22-7-9-23(10-8-22)18(24)15-6-3-11-26-15/h1-6,11H,7-10,12H2. The summed E-state index contributed by atoms with van der Waals surface area (Å²) in [6.07, 6.45) is 0. The van der Waals surface area contributed by atoms with Crippen molar-refractivity contribution in [2.45, 2.75) is 6.54 Å². The fourth-order valence-electron chi connectivity index (χ4n) is 2.93. The van der Waals surface area contributed by atoms with E-state index in [1.807, 2.05) is 40.6 Å². The normalized spacial score (nSPS) is 15.3. The first-order chi connectivity index (χ1) is 12.7. The van der Waals surface area contributed by atoms with Crippen LogP contribution in [0.15, 0.2) is 46.3 Å². The van der Waals surface area contributed by atoms with E-state index in [9.17, 15) is 4.79 Å². The number of piperazine rings is 1. The van der Waals surface area contributed by atoms with Gasteiger partial charge in [0.25, 0.3) is 11.8 Å². The summed E-state index contributed by atoms with van der Waals surface area (Å²) < 4.78 is 5.35. The predicted molar refractivity (Wildman–Crippen MR) is 100 cm³/mol. The lowest BCUT2D eigenvalue weighted by molar-refractivity contribution is 0.0629. The van der Waals surface area contributed by atoms with E-state index in [0.717, 1.165) is 23.5 Å². The molecule has 1 saturated heterocycles. The number of nitrogens with zero attached hydrogens (tertiary/aromatic N) is 4. The topological polar surface area (TPSA) is 62.5 Å². The molecule has 3 heterocycles. The molecular weight excluding hydrogens is 372 g/mol. The Bertz CT molecular complexity index is 888. The average Bonchev–Trinajstić information content (AvgIpc) is 3.34. The number of benzene rings is 1. The van der Waals surface area contributed by atoms with Gasteiger partial charge in [-0.15, -0.1) is 11.3 Å².